The first-order valence-corrected chi connectivity index (χ1v) is 8.40. The Labute approximate surface area is 165 Å². The molecule has 29 heavy (non-hydrogen) atoms. The Kier molecular flexibility index (Phi) is 5.26. The third-order valence-electron chi connectivity index (χ3n) is 4.33. The second-order valence-corrected chi connectivity index (χ2v) is 6.15. The Balaban J connectivity index is 2.12. The van der Waals surface area contributed by atoms with Gasteiger partial charge in [-0.1, -0.05) is 12.1 Å². The molecular weight excluding hydrogens is 378 g/mol. The molecule has 1 amide bonds. The van der Waals surface area contributed by atoms with Crippen molar-refractivity contribution >= 4 is 29.1 Å². The van der Waals surface area contributed by atoms with Gasteiger partial charge in [0.15, 0.2) is 0 Å². The number of methoxy groups -OCH3 is 1. The maximum absolute atomic E-state index is 12.8. The van der Waals surface area contributed by atoms with Crippen molar-refractivity contribution in [2.24, 2.45) is 5.73 Å². The first-order chi connectivity index (χ1) is 13.8. The number of non-ortho nitro benzene ring substituents is 1. The number of rotatable bonds is 5. The highest BCUT2D eigenvalue weighted by Gasteiger charge is 2.34. The van der Waals surface area contributed by atoms with Gasteiger partial charge in [-0.05, 0) is 29.8 Å². The zero-order valence-corrected chi connectivity index (χ0v) is 15.3. The van der Waals surface area contributed by atoms with E-state index in [-0.39, 0.29) is 17.2 Å². The third-order valence-corrected chi connectivity index (χ3v) is 4.33. The predicted molar refractivity (Wildman–Crippen MR) is 104 cm³/mol. The summed E-state index contributed by atoms with van der Waals surface area (Å²) in [4.78, 5) is 36.7. The number of nitro benzene ring substituents is 1. The number of nitrogens with one attached hydrogen (secondary N) is 2. The van der Waals surface area contributed by atoms with E-state index in [1.165, 1.54) is 42.5 Å². The first-order valence-electron chi connectivity index (χ1n) is 8.40. The van der Waals surface area contributed by atoms with Crippen molar-refractivity contribution in [1.29, 1.82) is 5.41 Å². The van der Waals surface area contributed by atoms with Gasteiger partial charge in [-0.2, -0.15) is 0 Å². The average Bonchev–Trinajstić information content (AvgIpc) is 2.72. The summed E-state index contributed by atoms with van der Waals surface area (Å²) in [6, 6.07) is 11.2. The summed E-state index contributed by atoms with van der Waals surface area (Å²) in [5.41, 5.74) is 6.79. The van der Waals surface area contributed by atoms with Gasteiger partial charge in [0, 0.05) is 29.6 Å². The quantitative estimate of drug-likeness (QED) is 0.228. The fourth-order valence-corrected chi connectivity index (χ4v) is 2.93. The molecule has 1 atom stereocenters. The molecule has 0 aromatic heterocycles. The Morgan fingerprint density at radius 2 is 1.97 bits per heavy atom. The van der Waals surface area contributed by atoms with E-state index in [2.05, 4.69) is 10.1 Å². The number of amidine groups is 1. The number of nitro groups is 1. The van der Waals surface area contributed by atoms with Crippen molar-refractivity contribution in [3.05, 3.63) is 81.7 Å². The van der Waals surface area contributed by atoms with Crippen molar-refractivity contribution in [2.75, 3.05) is 12.0 Å². The fourth-order valence-electron chi connectivity index (χ4n) is 2.93. The lowest BCUT2D eigenvalue weighted by molar-refractivity contribution is -0.384. The molecule has 10 heteroatoms. The number of esters is 1. The van der Waals surface area contributed by atoms with Crippen LogP contribution in [0.1, 0.15) is 17.2 Å². The molecule has 148 valence electrons. The van der Waals surface area contributed by atoms with E-state index in [0.29, 0.717) is 16.8 Å². The lowest BCUT2D eigenvalue weighted by Crippen LogP contribution is -2.45. The summed E-state index contributed by atoms with van der Waals surface area (Å²) in [5, 5.41) is 21.0. The van der Waals surface area contributed by atoms with Crippen LogP contribution >= 0.6 is 0 Å². The second-order valence-electron chi connectivity index (χ2n) is 6.15. The van der Waals surface area contributed by atoms with Gasteiger partial charge in [-0.3, -0.25) is 20.3 Å². The van der Waals surface area contributed by atoms with E-state index in [1.54, 1.807) is 24.3 Å². The number of hydrogen-bond acceptors (Lipinski definition) is 7. The summed E-state index contributed by atoms with van der Waals surface area (Å²) in [7, 11) is 1.19. The SMILES string of the molecule is COC(=O)C1=CN(c2cccc(C(=N)N)c2)C(c2ccc([N+](=O)[O-])cc2)C(=O)N1. The number of carbonyl (C=O) groups is 2. The molecule has 2 aromatic rings. The van der Waals surface area contributed by atoms with E-state index < -0.39 is 22.8 Å². The van der Waals surface area contributed by atoms with Gasteiger partial charge in [-0.25, -0.2) is 4.79 Å². The van der Waals surface area contributed by atoms with Gasteiger partial charge in [0.05, 0.1) is 12.0 Å². The van der Waals surface area contributed by atoms with Crippen LogP contribution in [0.15, 0.2) is 60.4 Å². The maximum Gasteiger partial charge on any atom is 0.356 e. The van der Waals surface area contributed by atoms with E-state index in [1.807, 2.05) is 0 Å². The Bertz CT molecular complexity index is 1030. The number of benzene rings is 2. The van der Waals surface area contributed by atoms with Crippen molar-refractivity contribution in [1.82, 2.24) is 5.32 Å². The minimum Gasteiger partial charge on any atom is -0.464 e. The van der Waals surface area contributed by atoms with Crippen LogP contribution in [0.5, 0.6) is 0 Å². The maximum atomic E-state index is 12.8. The number of ether oxygens (including phenoxy) is 1. The molecule has 0 saturated carbocycles. The number of anilines is 1. The molecule has 1 unspecified atom stereocenters. The molecule has 3 rings (SSSR count). The second kappa shape index (κ2) is 7.80. The van der Waals surface area contributed by atoms with Crippen molar-refractivity contribution in [3.8, 4) is 0 Å². The Morgan fingerprint density at radius 3 is 2.55 bits per heavy atom. The van der Waals surface area contributed by atoms with E-state index in [4.69, 9.17) is 11.1 Å². The highest BCUT2D eigenvalue weighted by molar-refractivity contribution is 6.00. The van der Waals surface area contributed by atoms with E-state index in [0.717, 1.165) is 0 Å². The third kappa shape index (κ3) is 3.90. The van der Waals surface area contributed by atoms with Crippen LogP contribution in [0, 0.1) is 15.5 Å². The molecule has 1 aliphatic rings. The molecule has 4 N–H and O–H groups in total. The zero-order chi connectivity index (χ0) is 21.1. The molecule has 10 nitrogen and oxygen atoms in total. The summed E-state index contributed by atoms with van der Waals surface area (Å²) in [5.74, 6) is -1.40. The normalized spacial score (nSPS) is 15.9. The van der Waals surface area contributed by atoms with Gasteiger partial charge < -0.3 is 20.7 Å². The fraction of sp³-hybridized carbons (Fsp3) is 0.105. The lowest BCUT2D eigenvalue weighted by atomic mass is 10.0. The number of carbonyl (C=O) groups excluding carboxylic acids is 2. The molecule has 0 fully saturated rings. The Hall–Kier alpha value is -4.21. The van der Waals surface area contributed by atoms with Crippen LogP contribution in [0.3, 0.4) is 0 Å². The number of nitrogens with two attached hydrogens (primary N) is 1. The molecule has 0 saturated heterocycles. The number of amides is 1. The zero-order valence-electron chi connectivity index (χ0n) is 15.3. The lowest BCUT2D eigenvalue weighted by Gasteiger charge is -2.34. The molecule has 2 aromatic carbocycles. The number of hydrogen-bond donors (Lipinski definition) is 3. The largest absolute Gasteiger partial charge is 0.464 e. The molecule has 0 spiro atoms. The summed E-state index contributed by atoms with van der Waals surface area (Å²) >= 11 is 0. The monoisotopic (exact) mass is 395 g/mol. The van der Waals surface area contributed by atoms with Gasteiger partial charge in [0.1, 0.15) is 17.6 Å². The highest BCUT2D eigenvalue weighted by atomic mass is 16.6. The predicted octanol–water partition coefficient (Wildman–Crippen LogP) is 1.57. The molecule has 0 radical (unpaired) electrons. The van der Waals surface area contributed by atoms with Crippen molar-refractivity contribution in [2.45, 2.75) is 6.04 Å². The van der Waals surface area contributed by atoms with Gasteiger partial charge in [0.25, 0.3) is 11.6 Å². The van der Waals surface area contributed by atoms with Crippen molar-refractivity contribution < 1.29 is 19.2 Å². The summed E-state index contributed by atoms with van der Waals surface area (Å²) < 4.78 is 4.69. The van der Waals surface area contributed by atoms with E-state index in [9.17, 15) is 19.7 Å². The Morgan fingerprint density at radius 1 is 1.28 bits per heavy atom. The van der Waals surface area contributed by atoms with Crippen LogP contribution in [-0.2, 0) is 14.3 Å². The minimum atomic E-state index is -0.911. The first kappa shape index (κ1) is 19.5. The molecule has 1 heterocycles. The average molecular weight is 395 g/mol. The minimum absolute atomic E-state index is 0.0658. The van der Waals surface area contributed by atoms with Gasteiger partial charge in [-0.15, -0.1) is 0 Å². The highest BCUT2D eigenvalue weighted by Crippen LogP contribution is 2.32. The van der Waals surface area contributed by atoms with Crippen LogP contribution in [-0.4, -0.2) is 29.7 Å². The topological polar surface area (TPSA) is 152 Å². The van der Waals surface area contributed by atoms with Crippen LogP contribution in [0.2, 0.25) is 0 Å². The molecule has 1 aliphatic heterocycles. The molecule has 0 bridgehead atoms. The number of nitrogens with zero attached hydrogens (tertiary/aromatic N) is 2. The van der Waals surface area contributed by atoms with Crippen LogP contribution in [0.4, 0.5) is 11.4 Å². The van der Waals surface area contributed by atoms with Gasteiger partial charge >= 0.3 is 5.97 Å². The van der Waals surface area contributed by atoms with Crippen LogP contribution in [0.25, 0.3) is 0 Å². The van der Waals surface area contributed by atoms with Crippen molar-refractivity contribution in [3.63, 3.8) is 0 Å². The number of nitrogen functional groups attached to an aromatic ring is 1. The standard InChI is InChI=1S/C19H17N5O5/c1-29-19(26)15-10-23(14-4-2-3-12(9-14)17(20)21)16(18(25)22-15)11-5-7-13(8-6-11)24(27)28/h2-10,16H,1H3,(H3,20,21)(H,22,25). The van der Waals surface area contributed by atoms with Crippen LogP contribution < -0.4 is 16.0 Å². The molecular formula is C19H17N5O5. The van der Waals surface area contributed by atoms with E-state index >= 15 is 0 Å². The summed E-state index contributed by atoms with van der Waals surface area (Å²) in [6.07, 6.45) is 1.42. The molecule has 0 aliphatic carbocycles. The summed E-state index contributed by atoms with van der Waals surface area (Å²) in [6.45, 7) is 0. The van der Waals surface area contributed by atoms with Gasteiger partial charge in [0.2, 0.25) is 0 Å². The smallest absolute Gasteiger partial charge is 0.356 e.